The second kappa shape index (κ2) is 4.66. The standard InChI is InChI=1S/C11H21N/c1-9(2)12-11-6-4-5-10(3)7-8-11/h5,9,11-12H,4,6-8H2,1-3H3. The van der Waals surface area contributed by atoms with Crippen LogP contribution in [0.3, 0.4) is 0 Å². The van der Waals surface area contributed by atoms with Crippen molar-refractivity contribution in [3.05, 3.63) is 11.6 Å². The number of hydrogen-bond donors (Lipinski definition) is 1. The molecule has 0 aromatic rings. The third kappa shape index (κ3) is 3.40. The van der Waals surface area contributed by atoms with Gasteiger partial charge in [0.1, 0.15) is 0 Å². The molecule has 1 aliphatic rings. The number of allylic oxidation sites excluding steroid dienone is 2. The Hall–Kier alpha value is -0.300. The van der Waals surface area contributed by atoms with Gasteiger partial charge in [-0.25, -0.2) is 0 Å². The molecule has 0 radical (unpaired) electrons. The van der Waals surface area contributed by atoms with E-state index in [1.807, 2.05) is 0 Å². The highest BCUT2D eigenvalue weighted by Crippen LogP contribution is 2.17. The highest BCUT2D eigenvalue weighted by molar-refractivity contribution is 5.01. The zero-order valence-electron chi connectivity index (χ0n) is 8.56. The average Bonchev–Trinajstić information content (AvgIpc) is 2.15. The van der Waals surface area contributed by atoms with Crippen LogP contribution in [0.15, 0.2) is 11.6 Å². The van der Waals surface area contributed by atoms with E-state index in [2.05, 4.69) is 32.2 Å². The molecule has 0 fully saturated rings. The topological polar surface area (TPSA) is 12.0 Å². The van der Waals surface area contributed by atoms with Crippen LogP contribution in [0.5, 0.6) is 0 Å². The molecule has 0 bridgehead atoms. The summed E-state index contributed by atoms with van der Waals surface area (Å²) in [5, 5.41) is 3.61. The van der Waals surface area contributed by atoms with Crippen molar-refractivity contribution < 1.29 is 0 Å². The quantitative estimate of drug-likeness (QED) is 0.624. The van der Waals surface area contributed by atoms with Gasteiger partial charge in [0.05, 0.1) is 0 Å². The van der Waals surface area contributed by atoms with E-state index in [1.54, 1.807) is 5.57 Å². The summed E-state index contributed by atoms with van der Waals surface area (Å²) >= 11 is 0. The highest BCUT2D eigenvalue weighted by atomic mass is 14.9. The minimum Gasteiger partial charge on any atom is -0.312 e. The lowest BCUT2D eigenvalue weighted by Gasteiger charge is -2.19. The zero-order chi connectivity index (χ0) is 8.97. The first-order chi connectivity index (χ1) is 5.68. The normalized spacial score (nSPS) is 25.3. The second-order valence-corrected chi connectivity index (χ2v) is 4.18. The van der Waals surface area contributed by atoms with Crippen molar-refractivity contribution in [1.29, 1.82) is 0 Å². The fourth-order valence-electron chi connectivity index (χ4n) is 1.82. The Morgan fingerprint density at radius 1 is 1.42 bits per heavy atom. The van der Waals surface area contributed by atoms with Crippen LogP contribution < -0.4 is 5.32 Å². The molecular formula is C11H21N. The van der Waals surface area contributed by atoms with Gasteiger partial charge >= 0.3 is 0 Å². The highest BCUT2D eigenvalue weighted by Gasteiger charge is 2.11. The van der Waals surface area contributed by atoms with Crippen molar-refractivity contribution in [2.24, 2.45) is 0 Å². The molecule has 0 saturated carbocycles. The van der Waals surface area contributed by atoms with Gasteiger partial charge in [-0.15, -0.1) is 0 Å². The van der Waals surface area contributed by atoms with Crippen molar-refractivity contribution in [3.63, 3.8) is 0 Å². The Morgan fingerprint density at radius 3 is 2.83 bits per heavy atom. The lowest BCUT2D eigenvalue weighted by Crippen LogP contribution is -2.34. The van der Waals surface area contributed by atoms with Crippen molar-refractivity contribution in [2.45, 2.75) is 58.5 Å². The molecule has 0 aliphatic heterocycles. The molecule has 12 heavy (non-hydrogen) atoms. The van der Waals surface area contributed by atoms with Gasteiger partial charge in [0.15, 0.2) is 0 Å². The number of rotatable bonds is 2. The molecule has 1 unspecified atom stereocenters. The SMILES string of the molecule is CC1=CCCC(NC(C)C)CC1. The van der Waals surface area contributed by atoms with E-state index in [9.17, 15) is 0 Å². The van der Waals surface area contributed by atoms with Gasteiger partial charge in [0.25, 0.3) is 0 Å². The van der Waals surface area contributed by atoms with E-state index in [0.717, 1.165) is 6.04 Å². The van der Waals surface area contributed by atoms with Gasteiger partial charge in [0.2, 0.25) is 0 Å². The lowest BCUT2D eigenvalue weighted by atomic mass is 10.1. The minimum atomic E-state index is 0.633. The van der Waals surface area contributed by atoms with E-state index in [1.165, 1.54) is 25.7 Å². The van der Waals surface area contributed by atoms with E-state index < -0.39 is 0 Å². The molecule has 0 aromatic carbocycles. The Labute approximate surface area is 76.2 Å². The Bertz CT molecular complexity index is 158. The molecule has 1 rings (SSSR count). The largest absolute Gasteiger partial charge is 0.312 e. The summed E-state index contributed by atoms with van der Waals surface area (Å²) in [5.74, 6) is 0. The Balaban J connectivity index is 2.31. The molecule has 0 amide bonds. The van der Waals surface area contributed by atoms with Crippen molar-refractivity contribution in [1.82, 2.24) is 5.32 Å². The molecule has 70 valence electrons. The fraction of sp³-hybridized carbons (Fsp3) is 0.818. The van der Waals surface area contributed by atoms with Gasteiger partial charge in [-0.1, -0.05) is 25.5 Å². The summed E-state index contributed by atoms with van der Waals surface area (Å²) in [6, 6.07) is 1.38. The summed E-state index contributed by atoms with van der Waals surface area (Å²) in [5.41, 5.74) is 1.57. The first-order valence-corrected chi connectivity index (χ1v) is 5.10. The second-order valence-electron chi connectivity index (χ2n) is 4.18. The number of nitrogens with one attached hydrogen (secondary N) is 1. The van der Waals surface area contributed by atoms with Crippen LogP contribution in [0.2, 0.25) is 0 Å². The summed E-state index contributed by atoms with van der Waals surface area (Å²) in [7, 11) is 0. The molecule has 1 atom stereocenters. The monoisotopic (exact) mass is 167 g/mol. The van der Waals surface area contributed by atoms with E-state index >= 15 is 0 Å². The van der Waals surface area contributed by atoms with Crippen LogP contribution in [0.25, 0.3) is 0 Å². The van der Waals surface area contributed by atoms with Crippen molar-refractivity contribution in [2.75, 3.05) is 0 Å². The van der Waals surface area contributed by atoms with Crippen molar-refractivity contribution >= 4 is 0 Å². The lowest BCUT2D eigenvalue weighted by molar-refractivity contribution is 0.425. The first-order valence-electron chi connectivity index (χ1n) is 5.10. The predicted octanol–water partition coefficient (Wildman–Crippen LogP) is 2.87. The van der Waals surface area contributed by atoms with E-state index in [-0.39, 0.29) is 0 Å². The third-order valence-electron chi connectivity index (χ3n) is 2.46. The Kier molecular flexibility index (Phi) is 3.80. The van der Waals surface area contributed by atoms with E-state index in [0.29, 0.717) is 6.04 Å². The smallest absolute Gasteiger partial charge is 0.00754 e. The maximum atomic E-state index is 3.61. The maximum Gasteiger partial charge on any atom is 0.00754 e. The van der Waals surface area contributed by atoms with Gasteiger partial charge in [-0.3, -0.25) is 0 Å². The van der Waals surface area contributed by atoms with E-state index in [4.69, 9.17) is 0 Å². The first kappa shape index (κ1) is 9.79. The molecule has 0 spiro atoms. The summed E-state index contributed by atoms with van der Waals surface area (Å²) < 4.78 is 0. The summed E-state index contributed by atoms with van der Waals surface area (Å²) in [6.45, 7) is 6.70. The summed E-state index contributed by atoms with van der Waals surface area (Å²) in [4.78, 5) is 0. The van der Waals surface area contributed by atoms with Gasteiger partial charge in [0, 0.05) is 12.1 Å². The Morgan fingerprint density at radius 2 is 2.17 bits per heavy atom. The van der Waals surface area contributed by atoms with Crippen LogP contribution >= 0.6 is 0 Å². The zero-order valence-corrected chi connectivity index (χ0v) is 8.56. The predicted molar refractivity (Wildman–Crippen MR) is 54.3 cm³/mol. The summed E-state index contributed by atoms with van der Waals surface area (Å²) in [6.07, 6.45) is 7.57. The average molecular weight is 167 g/mol. The van der Waals surface area contributed by atoms with Crippen LogP contribution in [-0.2, 0) is 0 Å². The maximum absolute atomic E-state index is 3.61. The molecule has 0 saturated heterocycles. The molecule has 0 aromatic heterocycles. The van der Waals surface area contributed by atoms with Gasteiger partial charge in [-0.05, 0) is 32.6 Å². The minimum absolute atomic E-state index is 0.633. The van der Waals surface area contributed by atoms with Gasteiger partial charge < -0.3 is 5.32 Å². The molecule has 0 heterocycles. The molecular weight excluding hydrogens is 146 g/mol. The van der Waals surface area contributed by atoms with Crippen LogP contribution in [0.1, 0.15) is 46.5 Å². The molecule has 1 N–H and O–H groups in total. The third-order valence-corrected chi connectivity index (χ3v) is 2.46. The molecule has 1 heteroatoms. The van der Waals surface area contributed by atoms with Crippen LogP contribution in [0, 0.1) is 0 Å². The van der Waals surface area contributed by atoms with Gasteiger partial charge in [-0.2, -0.15) is 0 Å². The number of hydrogen-bond acceptors (Lipinski definition) is 1. The molecule has 1 aliphatic carbocycles. The van der Waals surface area contributed by atoms with Crippen LogP contribution in [-0.4, -0.2) is 12.1 Å². The molecule has 1 nitrogen and oxygen atoms in total. The fourth-order valence-corrected chi connectivity index (χ4v) is 1.82. The van der Waals surface area contributed by atoms with Crippen molar-refractivity contribution in [3.8, 4) is 0 Å². The van der Waals surface area contributed by atoms with Crippen LogP contribution in [0.4, 0.5) is 0 Å².